The SMILES string of the molecule is O=C(NCc1cccnn1)c1ccc(F)c(Br)c1. The Bertz CT molecular complexity index is 563. The van der Waals surface area contributed by atoms with E-state index in [1.165, 1.54) is 18.2 Å². The summed E-state index contributed by atoms with van der Waals surface area (Å²) in [5.74, 6) is -0.693. The predicted molar refractivity (Wildman–Crippen MR) is 67.3 cm³/mol. The van der Waals surface area contributed by atoms with Crippen LogP contribution in [0.1, 0.15) is 16.1 Å². The first-order chi connectivity index (χ1) is 8.66. The van der Waals surface area contributed by atoms with Crippen molar-refractivity contribution in [3.8, 4) is 0 Å². The van der Waals surface area contributed by atoms with E-state index in [4.69, 9.17) is 0 Å². The molecule has 4 nitrogen and oxygen atoms in total. The van der Waals surface area contributed by atoms with E-state index in [0.29, 0.717) is 11.3 Å². The fourth-order valence-electron chi connectivity index (χ4n) is 1.34. The number of benzene rings is 1. The van der Waals surface area contributed by atoms with E-state index >= 15 is 0 Å². The first kappa shape index (κ1) is 12.6. The minimum absolute atomic E-state index is 0.259. The fraction of sp³-hybridized carbons (Fsp3) is 0.0833. The molecule has 0 saturated carbocycles. The summed E-state index contributed by atoms with van der Waals surface area (Å²) in [5, 5.41) is 10.2. The van der Waals surface area contributed by atoms with Crippen LogP contribution in [0.15, 0.2) is 41.0 Å². The molecule has 18 heavy (non-hydrogen) atoms. The van der Waals surface area contributed by atoms with E-state index in [1.54, 1.807) is 18.3 Å². The summed E-state index contributed by atoms with van der Waals surface area (Å²) in [5.41, 5.74) is 1.04. The Balaban J connectivity index is 2.02. The summed E-state index contributed by atoms with van der Waals surface area (Å²) in [4.78, 5) is 11.8. The highest BCUT2D eigenvalue weighted by Crippen LogP contribution is 2.16. The van der Waals surface area contributed by atoms with Gasteiger partial charge in [0, 0.05) is 11.8 Å². The van der Waals surface area contributed by atoms with E-state index in [9.17, 15) is 9.18 Å². The Kier molecular flexibility index (Phi) is 3.99. The first-order valence-electron chi connectivity index (χ1n) is 5.16. The van der Waals surface area contributed by atoms with Crippen LogP contribution >= 0.6 is 15.9 Å². The number of carbonyl (C=O) groups is 1. The standard InChI is InChI=1S/C12H9BrFN3O/c13-10-6-8(3-4-11(10)14)12(18)15-7-9-2-1-5-16-17-9/h1-6H,7H2,(H,15,18). The van der Waals surface area contributed by atoms with Gasteiger partial charge in [-0.25, -0.2) is 4.39 Å². The van der Waals surface area contributed by atoms with E-state index in [0.717, 1.165) is 0 Å². The highest BCUT2D eigenvalue weighted by Gasteiger charge is 2.08. The van der Waals surface area contributed by atoms with Crippen LogP contribution in [0.25, 0.3) is 0 Å². The van der Waals surface area contributed by atoms with Crippen LogP contribution < -0.4 is 5.32 Å². The highest BCUT2D eigenvalue weighted by molar-refractivity contribution is 9.10. The van der Waals surface area contributed by atoms with E-state index in [-0.39, 0.29) is 16.9 Å². The van der Waals surface area contributed by atoms with Crippen molar-refractivity contribution in [3.05, 3.63) is 58.1 Å². The monoisotopic (exact) mass is 309 g/mol. The number of halogens is 2. The van der Waals surface area contributed by atoms with Gasteiger partial charge < -0.3 is 5.32 Å². The second-order valence-electron chi connectivity index (χ2n) is 3.53. The molecule has 0 bridgehead atoms. The number of nitrogens with zero attached hydrogens (tertiary/aromatic N) is 2. The van der Waals surface area contributed by atoms with Gasteiger partial charge >= 0.3 is 0 Å². The van der Waals surface area contributed by atoms with Crippen LogP contribution in [0.2, 0.25) is 0 Å². The third-order valence-electron chi connectivity index (χ3n) is 2.24. The third kappa shape index (κ3) is 3.10. The Hall–Kier alpha value is -1.82. The normalized spacial score (nSPS) is 10.1. The number of nitrogens with one attached hydrogen (secondary N) is 1. The summed E-state index contributed by atoms with van der Waals surface area (Å²) in [7, 11) is 0. The third-order valence-corrected chi connectivity index (χ3v) is 2.85. The Morgan fingerprint density at radius 3 is 2.89 bits per heavy atom. The molecule has 1 aromatic heterocycles. The van der Waals surface area contributed by atoms with Gasteiger partial charge in [0.05, 0.1) is 16.7 Å². The van der Waals surface area contributed by atoms with Crippen LogP contribution in [0.5, 0.6) is 0 Å². The minimum Gasteiger partial charge on any atom is -0.346 e. The smallest absolute Gasteiger partial charge is 0.251 e. The molecule has 0 aliphatic heterocycles. The maximum Gasteiger partial charge on any atom is 0.251 e. The number of hydrogen-bond acceptors (Lipinski definition) is 3. The summed E-state index contributed by atoms with van der Waals surface area (Å²) < 4.78 is 13.3. The molecule has 2 aromatic rings. The van der Waals surface area contributed by atoms with Gasteiger partial charge in [0.25, 0.3) is 5.91 Å². The Morgan fingerprint density at radius 1 is 1.39 bits per heavy atom. The molecule has 0 unspecified atom stereocenters. The van der Waals surface area contributed by atoms with Gasteiger partial charge in [-0.3, -0.25) is 4.79 Å². The molecule has 1 heterocycles. The maximum absolute atomic E-state index is 13.0. The molecule has 1 aromatic carbocycles. The van der Waals surface area contributed by atoms with Crippen molar-refractivity contribution in [1.82, 2.24) is 15.5 Å². The number of amides is 1. The van der Waals surface area contributed by atoms with Crippen molar-refractivity contribution < 1.29 is 9.18 Å². The lowest BCUT2D eigenvalue weighted by Gasteiger charge is -2.05. The van der Waals surface area contributed by atoms with Crippen molar-refractivity contribution in [3.63, 3.8) is 0 Å². The van der Waals surface area contributed by atoms with Crippen LogP contribution in [0, 0.1) is 5.82 Å². The highest BCUT2D eigenvalue weighted by atomic mass is 79.9. The lowest BCUT2D eigenvalue weighted by atomic mass is 10.2. The van der Waals surface area contributed by atoms with Crippen molar-refractivity contribution in [2.45, 2.75) is 6.54 Å². The number of carbonyl (C=O) groups excluding carboxylic acids is 1. The molecule has 92 valence electrons. The zero-order valence-electron chi connectivity index (χ0n) is 9.23. The average Bonchev–Trinajstić information content (AvgIpc) is 2.40. The molecular formula is C12H9BrFN3O. The zero-order valence-corrected chi connectivity index (χ0v) is 10.8. The number of hydrogen-bond donors (Lipinski definition) is 1. The van der Waals surface area contributed by atoms with Gasteiger partial charge in [-0.1, -0.05) is 0 Å². The van der Waals surface area contributed by atoms with Crippen LogP contribution in [0.4, 0.5) is 4.39 Å². The van der Waals surface area contributed by atoms with Gasteiger partial charge in [-0.15, -0.1) is 0 Å². The van der Waals surface area contributed by atoms with Crippen molar-refractivity contribution in [1.29, 1.82) is 0 Å². The van der Waals surface area contributed by atoms with Gasteiger partial charge in [-0.2, -0.15) is 10.2 Å². The van der Waals surface area contributed by atoms with Crippen LogP contribution in [-0.4, -0.2) is 16.1 Å². The largest absolute Gasteiger partial charge is 0.346 e. The van der Waals surface area contributed by atoms with Crippen molar-refractivity contribution >= 4 is 21.8 Å². The topological polar surface area (TPSA) is 54.9 Å². The number of rotatable bonds is 3. The molecule has 0 atom stereocenters. The lowest BCUT2D eigenvalue weighted by Crippen LogP contribution is -2.23. The molecular weight excluding hydrogens is 301 g/mol. The van der Waals surface area contributed by atoms with Gasteiger partial charge in [0.15, 0.2) is 0 Å². The quantitative estimate of drug-likeness (QED) is 0.946. The summed E-state index contributed by atoms with van der Waals surface area (Å²) >= 11 is 3.03. The zero-order chi connectivity index (χ0) is 13.0. The molecule has 1 N–H and O–H groups in total. The van der Waals surface area contributed by atoms with Gasteiger partial charge in [0.2, 0.25) is 0 Å². The number of aromatic nitrogens is 2. The fourth-order valence-corrected chi connectivity index (χ4v) is 1.72. The predicted octanol–water partition coefficient (Wildman–Crippen LogP) is 2.31. The van der Waals surface area contributed by atoms with E-state index in [1.807, 2.05) is 0 Å². The molecule has 2 rings (SSSR count). The molecule has 1 amide bonds. The molecule has 0 fully saturated rings. The maximum atomic E-state index is 13.0. The summed E-state index contributed by atoms with van der Waals surface area (Å²) in [6.07, 6.45) is 1.56. The first-order valence-corrected chi connectivity index (χ1v) is 5.96. The van der Waals surface area contributed by atoms with Crippen molar-refractivity contribution in [2.24, 2.45) is 0 Å². The van der Waals surface area contributed by atoms with Gasteiger partial charge in [-0.05, 0) is 46.3 Å². The second kappa shape index (κ2) is 5.68. The van der Waals surface area contributed by atoms with E-state index < -0.39 is 5.82 Å². The molecule has 0 saturated heterocycles. The van der Waals surface area contributed by atoms with E-state index in [2.05, 4.69) is 31.4 Å². The second-order valence-corrected chi connectivity index (χ2v) is 4.38. The summed E-state index contributed by atoms with van der Waals surface area (Å²) in [6.45, 7) is 0.279. The minimum atomic E-state index is -0.402. The molecule has 6 heteroatoms. The average molecular weight is 310 g/mol. The lowest BCUT2D eigenvalue weighted by molar-refractivity contribution is 0.0950. The molecule has 0 spiro atoms. The van der Waals surface area contributed by atoms with Gasteiger partial charge in [0.1, 0.15) is 5.82 Å². The Morgan fingerprint density at radius 2 is 2.22 bits per heavy atom. The van der Waals surface area contributed by atoms with Crippen LogP contribution in [0.3, 0.4) is 0 Å². The summed E-state index contributed by atoms with van der Waals surface area (Å²) in [6, 6.07) is 7.59. The molecule has 0 aliphatic carbocycles. The molecule has 0 aliphatic rings. The molecule has 0 radical (unpaired) electrons. The van der Waals surface area contributed by atoms with Crippen LogP contribution in [-0.2, 0) is 6.54 Å². The Labute approximate surface area is 111 Å². The van der Waals surface area contributed by atoms with Crippen molar-refractivity contribution in [2.75, 3.05) is 0 Å².